The van der Waals surface area contributed by atoms with Crippen LogP contribution in [0.3, 0.4) is 0 Å². The maximum Gasteiger partial charge on any atom is 0.320 e. The minimum atomic E-state index is -0.904. The first kappa shape index (κ1) is 17.4. The van der Waals surface area contributed by atoms with Gasteiger partial charge in [-0.1, -0.05) is 13.0 Å². The number of rotatable bonds is 9. The Labute approximate surface area is 114 Å². The molecule has 0 aromatic carbocycles. The molecule has 0 fully saturated rings. The highest BCUT2D eigenvalue weighted by Gasteiger charge is 2.22. The lowest BCUT2D eigenvalue weighted by Crippen LogP contribution is -2.46. The van der Waals surface area contributed by atoms with Gasteiger partial charge in [0, 0.05) is 33.3 Å². The van der Waals surface area contributed by atoms with E-state index in [2.05, 4.69) is 6.58 Å². The Morgan fingerprint density at radius 1 is 1.42 bits per heavy atom. The third kappa shape index (κ3) is 6.24. The van der Waals surface area contributed by atoms with Crippen LogP contribution >= 0.6 is 0 Å². The standard InChI is InChI=1S/C13H24N2O4/c1-5-7-15(8-9-19-4)13(18)14(6-2)10-11(3)12(16)17/h5,11H,1,6-10H2,2-4H3,(H,16,17). The predicted molar refractivity (Wildman–Crippen MR) is 73.1 cm³/mol. The zero-order valence-corrected chi connectivity index (χ0v) is 12.0. The number of hydrogen-bond donors (Lipinski definition) is 1. The molecule has 1 N–H and O–H groups in total. The number of carboxylic acids is 1. The zero-order valence-electron chi connectivity index (χ0n) is 12.0. The van der Waals surface area contributed by atoms with Gasteiger partial charge in [-0.25, -0.2) is 4.79 Å². The van der Waals surface area contributed by atoms with E-state index in [1.54, 1.807) is 25.0 Å². The lowest BCUT2D eigenvalue weighted by molar-refractivity contribution is -0.141. The van der Waals surface area contributed by atoms with Crippen molar-refractivity contribution in [1.29, 1.82) is 0 Å². The first-order chi connectivity index (χ1) is 8.97. The summed E-state index contributed by atoms with van der Waals surface area (Å²) in [5, 5.41) is 8.90. The highest BCUT2D eigenvalue weighted by atomic mass is 16.5. The monoisotopic (exact) mass is 272 g/mol. The molecule has 0 aliphatic carbocycles. The first-order valence-electron chi connectivity index (χ1n) is 6.34. The van der Waals surface area contributed by atoms with E-state index in [0.29, 0.717) is 26.2 Å². The summed E-state index contributed by atoms with van der Waals surface area (Å²) in [6.07, 6.45) is 1.64. The third-order valence-corrected chi connectivity index (χ3v) is 2.75. The highest BCUT2D eigenvalue weighted by Crippen LogP contribution is 2.05. The van der Waals surface area contributed by atoms with Gasteiger partial charge in [0.1, 0.15) is 0 Å². The second-order valence-corrected chi connectivity index (χ2v) is 4.29. The molecule has 6 heteroatoms. The largest absolute Gasteiger partial charge is 0.481 e. The van der Waals surface area contributed by atoms with Crippen LogP contribution < -0.4 is 0 Å². The van der Waals surface area contributed by atoms with Crippen molar-refractivity contribution in [2.75, 3.05) is 39.9 Å². The van der Waals surface area contributed by atoms with Gasteiger partial charge >= 0.3 is 12.0 Å². The van der Waals surface area contributed by atoms with Crippen LogP contribution in [0.5, 0.6) is 0 Å². The Kier molecular flexibility index (Phi) is 8.61. The number of urea groups is 1. The van der Waals surface area contributed by atoms with Gasteiger partial charge in [-0.2, -0.15) is 0 Å². The fourth-order valence-corrected chi connectivity index (χ4v) is 1.57. The number of hydrogen-bond acceptors (Lipinski definition) is 3. The summed E-state index contributed by atoms with van der Waals surface area (Å²) in [7, 11) is 1.57. The Morgan fingerprint density at radius 3 is 2.47 bits per heavy atom. The molecule has 0 saturated heterocycles. The van der Waals surface area contributed by atoms with Gasteiger partial charge in [0.2, 0.25) is 0 Å². The summed E-state index contributed by atoms with van der Waals surface area (Å²) in [6, 6.07) is -0.187. The second-order valence-electron chi connectivity index (χ2n) is 4.29. The fraction of sp³-hybridized carbons (Fsp3) is 0.692. The van der Waals surface area contributed by atoms with Gasteiger partial charge in [0.15, 0.2) is 0 Å². The molecule has 0 spiro atoms. The zero-order chi connectivity index (χ0) is 14.8. The van der Waals surface area contributed by atoms with Crippen LogP contribution in [0.4, 0.5) is 4.79 Å². The van der Waals surface area contributed by atoms with Crippen molar-refractivity contribution in [1.82, 2.24) is 9.80 Å². The molecule has 0 aromatic rings. The molecule has 0 heterocycles. The van der Waals surface area contributed by atoms with Gasteiger partial charge in [0.05, 0.1) is 12.5 Å². The first-order valence-corrected chi connectivity index (χ1v) is 6.34. The van der Waals surface area contributed by atoms with E-state index in [9.17, 15) is 9.59 Å². The number of carboxylic acid groups (broad SMARTS) is 1. The van der Waals surface area contributed by atoms with Crippen LogP contribution in [-0.2, 0) is 9.53 Å². The van der Waals surface area contributed by atoms with E-state index in [-0.39, 0.29) is 12.6 Å². The van der Waals surface area contributed by atoms with Crippen molar-refractivity contribution in [2.45, 2.75) is 13.8 Å². The number of nitrogens with zero attached hydrogens (tertiary/aromatic N) is 2. The highest BCUT2D eigenvalue weighted by molar-refractivity contribution is 5.76. The molecule has 6 nitrogen and oxygen atoms in total. The van der Waals surface area contributed by atoms with Crippen LogP contribution in [0.1, 0.15) is 13.8 Å². The summed E-state index contributed by atoms with van der Waals surface area (Å²) in [5.41, 5.74) is 0. The van der Waals surface area contributed by atoms with Gasteiger partial charge in [-0.3, -0.25) is 4.79 Å². The predicted octanol–water partition coefficient (Wildman–Crippen LogP) is 1.28. The van der Waals surface area contributed by atoms with Crippen LogP contribution in [-0.4, -0.2) is 66.8 Å². The van der Waals surface area contributed by atoms with Crippen molar-refractivity contribution in [2.24, 2.45) is 5.92 Å². The molecule has 19 heavy (non-hydrogen) atoms. The molecule has 0 rings (SSSR count). The Bertz CT molecular complexity index is 307. The molecule has 0 bridgehead atoms. The minimum Gasteiger partial charge on any atom is -0.481 e. The molecule has 0 saturated carbocycles. The van der Waals surface area contributed by atoms with Crippen LogP contribution in [0.2, 0.25) is 0 Å². The topological polar surface area (TPSA) is 70.1 Å². The number of aliphatic carboxylic acids is 1. The molecular weight excluding hydrogens is 248 g/mol. The summed E-state index contributed by atoms with van der Waals surface area (Å²) >= 11 is 0. The van der Waals surface area contributed by atoms with Crippen molar-refractivity contribution in [3.8, 4) is 0 Å². The van der Waals surface area contributed by atoms with Gasteiger partial charge in [0.25, 0.3) is 0 Å². The molecule has 2 amide bonds. The number of methoxy groups -OCH3 is 1. The number of carbonyl (C=O) groups is 2. The Balaban J connectivity index is 4.66. The lowest BCUT2D eigenvalue weighted by atomic mass is 10.2. The molecule has 1 unspecified atom stereocenters. The SMILES string of the molecule is C=CCN(CCOC)C(=O)N(CC)CC(C)C(=O)O. The average Bonchev–Trinajstić information content (AvgIpc) is 2.39. The smallest absolute Gasteiger partial charge is 0.320 e. The number of ether oxygens (including phenoxy) is 1. The van der Waals surface area contributed by atoms with E-state index >= 15 is 0 Å². The fourth-order valence-electron chi connectivity index (χ4n) is 1.57. The van der Waals surface area contributed by atoms with E-state index in [1.807, 2.05) is 6.92 Å². The van der Waals surface area contributed by atoms with Crippen LogP contribution in [0.25, 0.3) is 0 Å². The minimum absolute atomic E-state index is 0.187. The maximum absolute atomic E-state index is 12.3. The summed E-state index contributed by atoms with van der Waals surface area (Å²) < 4.78 is 4.96. The van der Waals surface area contributed by atoms with Crippen molar-refractivity contribution in [3.63, 3.8) is 0 Å². The molecular formula is C13H24N2O4. The molecule has 0 aromatic heterocycles. The maximum atomic E-state index is 12.3. The van der Waals surface area contributed by atoms with E-state index in [4.69, 9.17) is 9.84 Å². The molecule has 0 radical (unpaired) electrons. The number of carbonyl (C=O) groups excluding carboxylic acids is 1. The quantitative estimate of drug-likeness (QED) is 0.642. The van der Waals surface area contributed by atoms with E-state index in [0.717, 1.165) is 0 Å². The van der Waals surface area contributed by atoms with Crippen molar-refractivity contribution in [3.05, 3.63) is 12.7 Å². The van der Waals surface area contributed by atoms with E-state index in [1.165, 1.54) is 4.90 Å². The molecule has 0 aliphatic heterocycles. The van der Waals surface area contributed by atoms with Crippen molar-refractivity contribution < 1.29 is 19.4 Å². The summed E-state index contributed by atoms with van der Waals surface area (Å²) in [6.45, 7) is 9.01. The van der Waals surface area contributed by atoms with Crippen LogP contribution in [0.15, 0.2) is 12.7 Å². The normalized spacial score (nSPS) is 11.7. The van der Waals surface area contributed by atoms with Gasteiger partial charge in [-0.15, -0.1) is 6.58 Å². The number of amides is 2. The van der Waals surface area contributed by atoms with E-state index < -0.39 is 11.9 Å². The average molecular weight is 272 g/mol. The van der Waals surface area contributed by atoms with Crippen LogP contribution in [0, 0.1) is 5.92 Å². The lowest BCUT2D eigenvalue weighted by Gasteiger charge is -2.30. The molecule has 0 aliphatic rings. The molecule has 110 valence electrons. The van der Waals surface area contributed by atoms with Gasteiger partial charge < -0.3 is 19.6 Å². The summed E-state index contributed by atoms with van der Waals surface area (Å²) in [4.78, 5) is 26.3. The summed E-state index contributed by atoms with van der Waals surface area (Å²) in [5.74, 6) is -1.49. The second kappa shape index (κ2) is 9.38. The Hall–Kier alpha value is -1.56. The molecule has 1 atom stereocenters. The van der Waals surface area contributed by atoms with Gasteiger partial charge in [-0.05, 0) is 6.92 Å². The Morgan fingerprint density at radius 2 is 2.05 bits per heavy atom. The third-order valence-electron chi connectivity index (χ3n) is 2.75. The van der Waals surface area contributed by atoms with Crippen molar-refractivity contribution >= 4 is 12.0 Å².